The molecule has 2 aromatic carbocycles. The highest BCUT2D eigenvalue weighted by atomic mass is 16.5. The summed E-state index contributed by atoms with van der Waals surface area (Å²) in [6, 6.07) is 14.3. The van der Waals surface area contributed by atoms with Gasteiger partial charge in [-0.3, -0.25) is 0 Å². The second kappa shape index (κ2) is 11.8. The van der Waals surface area contributed by atoms with Crippen molar-refractivity contribution in [2.45, 2.75) is 25.0 Å². The van der Waals surface area contributed by atoms with Gasteiger partial charge in [-0.2, -0.15) is 0 Å². The molecule has 0 saturated carbocycles. The minimum absolute atomic E-state index is 0.281. The van der Waals surface area contributed by atoms with Crippen LogP contribution in [0.3, 0.4) is 0 Å². The normalized spacial score (nSPS) is 12.7. The summed E-state index contributed by atoms with van der Waals surface area (Å²) in [4.78, 5) is 22.0. The van der Waals surface area contributed by atoms with Gasteiger partial charge < -0.3 is 29.2 Å². The first kappa shape index (κ1) is 23.2. The van der Waals surface area contributed by atoms with Crippen LogP contribution in [-0.4, -0.2) is 61.8 Å². The van der Waals surface area contributed by atoms with Crippen LogP contribution < -0.4 is 9.47 Å². The van der Waals surface area contributed by atoms with Gasteiger partial charge in [0, 0.05) is 27.1 Å². The molecule has 2 N–H and O–H groups in total. The topological polar surface area (TPSA) is 112 Å². The molecule has 2 aromatic rings. The van der Waals surface area contributed by atoms with Crippen LogP contribution in [0, 0.1) is 0 Å². The Hall–Kier alpha value is -3.10. The number of benzene rings is 2. The molecule has 0 amide bonds. The lowest BCUT2D eigenvalue weighted by Gasteiger charge is -2.12. The van der Waals surface area contributed by atoms with Crippen LogP contribution in [0.25, 0.3) is 0 Å². The standard InChI is InChI=1S/C22H26O8/c1-27-19(21(23)24)13-15-3-7-17(8-4-15)29-11-12-30-18-9-5-16(6-10-18)14-20(28-2)22(25)26/h3-10,19-20H,11-14H2,1-2H3,(H,23,24)(H,25,26). The van der Waals surface area contributed by atoms with Crippen molar-refractivity contribution >= 4 is 11.9 Å². The molecule has 0 aliphatic rings. The van der Waals surface area contributed by atoms with E-state index in [9.17, 15) is 9.59 Å². The molecule has 30 heavy (non-hydrogen) atoms. The van der Waals surface area contributed by atoms with E-state index in [0.717, 1.165) is 11.1 Å². The second-order valence-corrected chi connectivity index (χ2v) is 6.52. The van der Waals surface area contributed by atoms with E-state index in [2.05, 4.69) is 0 Å². The van der Waals surface area contributed by atoms with E-state index in [1.807, 2.05) is 0 Å². The molecule has 8 nitrogen and oxygen atoms in total. The van der Waals surface area contributed by atoms with Crippen LogP contribution in [0.15, 0.2) is 48.5 Å². The molecule has 0 radical (unpaired) electrons. The Bertz CT molecular complexity index is 731. The molecule has 0 saturated heterocycles. The largest absolute Gasteiger partial charge is 0.490 e. The van der Waals surface area contributed by atoms with Crippen molar-refractivity contribution in [1.82, 2.24) is 0 Å². The molecular formula is C22H26O8. The summed E-state index contributed by atoms with van der Waals surface area (Å²) >= 11 is 0. The van der Waals surface area contributed by atoms with Crippen molar-refractivity contribution in [2.75, 3.05) is 27.4 Å². The number of ether oxygens (including phenoxy) is 4. The second-order valence-electron chi connectivity index (χ2n) is 6.52. The minimum Gasteiger partial charge on any atom is -0.490 e. The number of carbonyl (C=O) groups is 2. The molecule has 0 spiro atoms. The maximum atomic E-state index is 11.0. The Morgan fingerprint density at radius 3 is 1.30 bits per heavy atom. The number of carboxylic acids is 2. The Morgan fingerprint density at radius 2 is 1.03 bits per heavy atom. The maximum Gasteiger partial charge on any atom is 0.333 e. The van der Waals surface area contributed by atoms with Crippen molar-refractivity contribution in [1.29, 1.82) is 0 Å². The zero-order valence-electron chi connectivity index (χ0n) is 16.9. The van der Waals surface area contributed by atoms with Gasteiger partial charge in [0.2, 0.25) is 0 Å². The summed E-state index contributed by atoms with van der Waals surface area (Å²) in [6.45, 7) is 0.670. The highest BCUT2D eigenvalue weighted by molar-refractivity contribution is 5.73. The predicted octanol–water partition coefficient (Wildman–Crippen LogP) is 2.43. The molecule has 0 aliphatic carbocycles. The molecule has 162 valence electrons. The van der Waals surface area contributed by atoms with Crippen LogP contribution in [-0.2, 0) is 31.9 Å². The van der Waals surface area contributed by atoms with E-state index in [-0.39, 0.29) is 12.8 Å². The van der Waals surface area contributed by atoms with Crippen LogP contribution >= 0.6 is 0 Å². The van der Waals surface area contributed by atoms with Gasteiger partial charge in [0.25, 0.3) is 0 Å². The zero-order chi connectivity index (χ0) is 21.9. The first-order valence-corrected chi connectivity index (χ1v) is 9.37. The SMILES string of the molecule is COC(Cc1ccc(OCCOc2ccc(CC(OC)C(=O)O)cc2)cc1)C(=O)O. The first-order chi connectivity index (χ1) is 14.4. The molecule has 2 unspecified atom stereocenters. The predicted molar refractivity (Wildman–Crippen MR) is 108 cm³/mol. The van der Waals surface area contributed by atoms with Crippen molar-refractivity contribution in [3.05, 3.63) is 59.7 Å². The summed E-state index contributed by atoms with van der Waals surface area (Å²) in [5.41, 5.74) is 1.68. The third-order valence-corrected chi connectivity index (χ3v) is 4.43. The fraction of sp³-hybridized carbons (Fsp3) is 0.364. The van der Waals surface area contributed by atoms with Gasteiger partial charge in [-0.05, 0) is 35.4 Å². The number of carboxylic acid groups (broad SMARTS) is 2. The average Bonchev–Trinajstić information content (AvgIpc) is 2.74. The minimum atomic E-state index is -0.997. The Kier molecular flexibility index (Phi) is 9.11. The summed E-state index contributed by atoms with van der Waals surface area (Å²) in [5.74, 6) is -0.686. The third kappa shape index (κ3) is 7.38. The van der Waals surface area contributed by atoms with Gasteiger partial charge in [0.05, 0.1) is 0 Å². The van der Waals surface area contributed by atoms with Crippen LogP contribution in [0.2, 0.25) is 0 Å². The molecule has 0 bridgehead atoms. The quantitative estimate of drug-likeness (QED) is 0.477. The van der Waals surface area contributed by atoms with Gasteiger partial charge >= 0.3 is 11.9 Å². The molecule has 0 aliphatic heterocycles. The number of methoxy groups -OCH3 is 2. The molecular weight excluding hydrogens is 392 g/mol. The fourth-order valence-electron chi connectivity index (χ4n) is 2.73. The summed E-state index contributed by atoms with van der Waals surface area (Å²) < 4.78 is 21.1. The zero-order valence-corrected chi connectivity index (χ0v) is 16.9. The maximum absolute atomic E-state index is 11.0. The Labute approximate surface area is 175 Å². The first-order valence-electron chi connectivity index (χ1n) is 9.37. The highest BCUT2D eigenvalue weighted by Crippen LogP contribution is 2.16. The fourth-order valence-corrected chi connectivity index (χ4v) is 2.73. The van der Waals surface area contributed by atoms with Crippen LogP contribution in [0.4, 0.5) is 0 Å². The van der Waals surface area contributed by atoms with Crippen molar-refractivity contribution in [2.24, 2.45) is 0 Å². The molecule has 8 heteroatoms. The van der Waals surface area contributed by atoms with Gasteiger partial charge in [0.1, 0.15) is 24.7 Å². The smallest absolute Gasteiger partial charge is 0.333 e. The number of hydrogen-bond acceptors (Lipinski definition) is 6. The monoisotopic (exact) mass is 418 g/mol. The van der Waals surface area contributed by atoms with Gasteiger partial charge in [0.15, 0.2) is 12.2 Å². The van der Waals surface area contributed by atoms with E-state index in [0.29, 0.717) is 24.7 Å². The van der Waals surface area contributed by atoms with Crippen molar-refractivity contribution < 1.29 is 38.7 Å². The van der Waals surface area contributed by atoms with E-state index in [1.165, 1.54) is 14.2 Å². The summed E-state index contributed by atoms with van der Waals surface area (Å²) in [7, 11) is 2.74. The Morgan fingerprint density at radius 1 is 0.700 bits per heavy atom. The third-order valence-electron chi connectivity index (χ3n) is 4.43. The number of hydrogen-bond donors (Lipinski definition) is 2. The van der Waals surface area contributed by atoms with E-state index in [1.54, 1.807) is 48.5 Å². The average molecular weight is 418 g/mol. The lowest BCUT2D eigenvalue weighted by molar-refractivity contribution is -0.149. The highest BCUT2D eigenvalue weighted by Gasteiger charge is 2.17. The lowest BCUT2D eigenvalue weighted by atomic mass is 10.1. The number of rotatable bonds is 13. The van der Waals surface area contributed by atoms with E-state index in [4.69, 9.17) is 29.2 Å². The molecule has 0 aromatic heterocycles. The van der Waals surface area contributed by atoms with Crippen molar-refractivity contribution in [3.8, 4) is 11.5 Å². The van der Waals surface area contributed by atoms with Gasteiger partial charge in [-0.1, -0.05) is 24.3 Å². The number of aliphatic carboxylic acids is 2. The summed E-state index contributed by atoms with van der Waals surface area (Å²) in [6.07, 6.45) is -1.19. The van der Waals surface area contributed by atoms with Crippen LogP contribution in [0.5, 0.6) is 11.5 Å². The summed E-state index contributed by atoms with van der Waals surface area (Å²) in [5, 5.41) is 18.0. The Balaban J connectivity index is 1.74. The lowest BCUT2D eigenvalue weighted by Crippen LogP contribution is -2.24. The molecule has 0 fully saturated rings. The van der Waals surface area contributed by atoms with E-state index >= 15 is 0 Å². The van der Waals surface area contributed by atoms with Crippen molar-refractivity contribution in [3.63, 3.8) is 0 Å². The van der Waals surface area contributed by atoms with Gasteiger partial charge in [-0.25, -0.2) is 9.59 Å². The van der Waals surface area contributed by atoms with Crippen LogP contribution in [0.1, 0.15) is 11.1 Å². The van der Waals surface area contributed by atoms with Gasteiger partial charge in [-0.15, -0.1) is 0 Å². The van der Waals surface area contributed by atoms with E-state index < -0.39 is 24.1 Å². The molecule has 0 heterocycles. The molecule has 2 atom stereocenters. The molecule has 2 rings (SSSR count).